The molecule has 0 aromatic heterocycles. The molecular weight excluding hydrogens is 374 g/mol. The number of nitrogens with one attached hydrogen (secondary N) is 2. The standard InChI is InChI=1S/C21H33N3O3S/c1-24(2)21(13-6-3-7-14-21)16-22-20(25)17-9-8-12-19(15-17)28(26,27)23-18-10-4-5-11-18/h8-9,12,15,18,23H,3-7,10-11,13-14,16H2,1-2H3,(H,22,25). The highest BCUT2D eigenvalue weighted by molar-refractivity contribution is 7.89. The van der Waals surface area contributed by atoms with Gasteiger partial charge in [0.15, 0.2) is 0 Å². The SMILES string of the molecule is CN(C)C1(CNC(=O)c2cccc(S(=O)(=O)NC3CCCC3)c2)CCCCC1. The number of carbonyl (C=O) groups is 1. The lowest BCUT2D eigenvalue weighted by molar-refractivity contribution is 0.0799. The first-order chi connectivity index (χ1) is 13.3. The maximum Gasteiger partial charge on any atom is 0.251 e. The van der Waals surface area contributed by atoms with Crippen LogP contribution >= 0.6 is 0 Å². The van der Waals surface area contributed by atoms with E-state index in [1.165, 1.54) is 25.3 Å². The lowest BCUT2D eigenvalue weighted by Gasteiger charge is -2.43. The fourth-order valence-electron chi connectivity index (χ4n) is 4.47. The zero-order valence-corrected chi connectivity index (χ0v) is 17.9. The molecule has 1 aromatic carbocycles. The monoisotopic (exact) mass is 407 g/mol. The lowest BCUT2D eigenvalue weighted by Crippen LogP contribution is -2.53. The Labute approximate surface area is 169 Å². The molecule has 1 amide bonds. The molecule has 0 bridgehead atoms. The van der Waals surface area contributed by atoms with Crippen molar-refractivity contribution < 1.29 is 13.2 Å². The normalized spacial score (nSPS) is 20.4. The first-order valence-electron chi connectivity index (χ1n) is 10.4. The maximum absolute atomic E-state index is 12.7. The predicted molar refractivity (Wildman–Crippen MR) is 111 cm³/mol. The third-order valence-corrected chi connectivity index (χ3v) is 7.91. The van der Waals surface area contributed by atoms with E-state index in [0.29, 0.717) is 12.1 Å². The summed E-state index contributed by atoms with van der Waals surface area (Å²) in [5.41, 5.74) is 0.376. The minimum absolute atomic E-state index is 0.00809. The molecule has 28 heavy (non-hydrogen) atoms. The Morgan fingerprint density at radius 3 is 2.43 bits per heavy atom. The van der Waals surface area contributed by atoms with Gasteiger partial charge in [0.05, 0.1) is 4.90 Å². The summed E-state index contributed by atoms with van der Waals surface area (Å²) in [6, 6.07) is 6.36. The Hall–Kier alpha value is -1.44. The predicted octanol–water partition coefficient (Wildman–Crippen LogP) is 2.90. The van der Waals surface area contributed by atoms with Gasteiger partial charge in [0, 0.05) is 23.7 Å². The molecule has 1 aromatic rings. The highest BCUT2D eigenvalue weighted by Gasteiger charge is 2.34. The van der Waals surface area contributed by atoms with Gasteiger partial charge in [0.1, 0.15) is 0 Å². The molecule has 7 heteroatoms. The van der Waals surface area contributed by atoms with Crippen LogP contribution in [-0.4, -0.2) is 51.4 Å². The van der Waals surface area contributed by atoms with Crippen LogP contribution in [0.4, 0.5) is 0 Å². The summed E-state index contributed by atoms with van der Waals surface area (Å²) in [4.78, 5) is 15.1. The van der Waals surface area contributed by atoms with Crippen molar-refractivity contribution in [1.82, 2.24) is 14.9 Å². The number of nitrogens with zero attached hydrogens (tertiary/aromatic N) is 1. The van der Waals surface area contributed by atoms with Gasteiger partial charge in [-0.2, -0.15) is 0 Å². The molecule has 2 N–H and O–H groups in total. The molecule has 2 aliphatic carbocycles. The fraction of sp³-hybridized carbons (Fsp3) is 0.667. The molecule has 0 radical (unpaired) electrons. The maximum atomic E-state index is 12.7. The van der Waals surface area contributed by atoms with Crippen molar-refractivity contribution in [3.63, 3.8) is 0 Å². The van der Waals surface area contributed by atoms with Gasteiger partial charge in [0.25, 0.3) is 5.91 Å². The van der Waals surface area contributed by atoms with E-state index < -0.39 is 10.0 Å². The zero-order chi connectivity index (χ0) is 20.2. The Kier molecular flexibility index (Phi) is 6.78. The highest BCUT2D eigenvalue weighted by atomic mass is 32.2. The molecular formula is C21H33N3O3S. The second-order valence-electron chi connectivity index (χ2n) is 8.49. The summed E-state index contributed by atoms with van der Waals surface area (Å²) in [7, 11) is 0.539. The first kappa shape index (κ1) is 21.3. The van der Waals surface area contributed by atoms with E-state index in [-0.39, 0.29) is 22.4 Å². The van der Waals surface area contributed by atoms with Gasteiger partial charge in [0.2, 0.25) is 10.0 Å². The fourth-order valence-corrected chi connectivity index (χ4v) is 5.82. The Balaban J connectivity index is 1.68. The minimum Gasteiger partial charge on any atom is -0.350 e. The molecule has 6 nitrogen and oxygen atoms in total. The summed E-state index contributed by atoms with van der Waals surface area (Å²) in [6.07, 6.45) is 9.62. The molecule has 156 valence electrons. The van der Waals surface area contributed by atoms with Crippen LogP contribution < -0.4 is 10.0 Å². The molecule has 2 fully saturated rings. The van der Waals surface area contributed by atoms with Crippen LogP contribution in [0.15, 0.2) is 29.2 Å². The van der Waals surface area contributed by atoms with Crippen molar-refractivity contribution >= 4 is 15.9 Å². The van der Waals surface area contributed by atoms with Crippen molar-refractivity contribution in [2.75, 3.05) is 20.6 Å². The molecule has 0 atom stereocenters. The van der Waals surface area contributed by atoms with Gasteiger partial charge < -0.3 is 10.2 Å². The van der Waals surface area contributed by atoms with E-state index in [1.54, 1.807) is 18.2 Å². The van der Waals surface area contributed by atoms with Gasteiger partial charge in [-0.25, -0.2) is 13.1 Å². The molecule has 0 saturated heterocycles. The number of sulfonamides is 1. The first-order valence-corrected chi connectivity index (χ1v) is 11.9. The molecule has 0 aliphatic heterocycles. The number of hydrogen-bond donors (Lipinski definition) is 2. The molecule has 3 rings (SSSR count). The molecule has 0 unspecified atom stereocenters. The van der Waals surface area contributed by atoms with Crippen LogP contribution in [0.25, 0.3) is 0 Å². The highest BCUT2D eigenvalue weighted by Crippen LogP contribution is 2.31. The number of likely N-dealkylation sites (N-methyl/N-ethyl adjacent to an activating group) is 1. The van der Waals surface area contributed by atoms with E-state index >= 15 is 0 Å². The smallest absolute Gasteiger partial charge is 0.251 e. The second-order valence-corrected chi connectivity index (χ2v) is 10.2. The minimum atomic E-state index is -3.60. The van der Waals surface area contributed by atoms with Gasteiger partial charge in [-0.05, 0) is 58.0 Å². The van der Waals surface area contributed by atoms with E-state index in [4.69, 9.17) is 0 Å². The van der Waals surface area contributed by atoms with Gasteiger partial charge in [-0.1, -0.05) is 38.2 Å². The number of rotatable bonds is 7. The van der Waals surface area contributed by atoms with Crippen molar-refractivity contribution in [2.24, 2.45) is 0 Å². The Morgan fingerprint density at radius 2 is 1.79 bits per heavy atom. The third kappa shape index (κ3) is 4.93. The average Bonchev–Trinajstić information content (AvgIpc) is 3.19. The Morgan fingerprint density at radius 1 is 1.11 bits per heavy atom. The summed E-state index contributed by atoms with van der Waals surface area (Å²) in [5.74, 6) is -0.218. The summed E-state index contributed by atoms with van der Waals surface area (Å²) in [5, 5.41) is 3.05. The van der Waals surface area contributed by atoms with Gasteiger partial charge >= 0.3 is 0 Å². The van der Waals surface area contributed by atoms with Crippen molar-refractivity contribution in [3.05, 3.63) is 29.8 Å². The average molecular weight is 408 g/mol. The lowest BCUT2D eigenvalue weighted by atomic mass is 9.80. The molecule has 0 heterocycles. The van der Waals surface area contributed by atoms with Crippen molar-refractivity contribution in [3.8, 4) is 0 Å². The van der Waals surface area contributed by atoms with Crippen molar-refractivity contribution in [2.45, 2.75) is 74.3 Å². The summed E-state index contributed by atoms with van der Waals surface area (Å²) < 4.78 is 28.1. The Bertz CT molecular complexity index is 780. The number of carbonyl (C=O) groups excluding carboxylic acids is 1. The topological polar surface area (TPSA) is 78.5 Å². The van der Waals surface area contributed by atoms with Crippen LogP contribution in [-0.2, 0) is 10.0 Å². The number of hydrogen-bond acceptors (Lipinski definition) is 4. The van der Waals surface area contributed by atoms with Crippen molar-refractivity contribution in [1.29, 1.82) is 0 Å². The third-order valence-electron chi connectivity index (χ3n) is 6.39. The molecule has 0 spiro atoms. The quantitative estimate of drug-likeness (QED) is 0.728. The van der Waals surface area contributed by atoms with E-state index in [0.717, 1.165) is 38.5 Å². The summed E-state index contributed by atoms with van der Waals surface area (Å²) >= 11 is 0. The molecule has 2 aliphatic rings. The zero-order valence-electron chi connectivity index (χ0n) is 17.0. The van der Waals surface area contributed by atoms with E-state index in [2.05, 4.69) is 29.0 Å². The second kappa shape index (κ2) is 8.93. The molecule has 2 saturated carbocycles. The van der Waals surface area contributed by atoms with Crippen LogP contribution in [0.1, 0.15) is 68.1 Å². The van der Waals surface area contributed by atoms with E-state index in [1.807, 2.05) is 0 Å². The largest absolute Gasteiger partial charge is 0.350 e. The van der Waals surface area contributed by atoms with E-state index in [9.17, 15) is 13.2 Å². The number of benzene rings is 1. The summed E-state index contributed by atoms with van der Waals surface area (Å²) in [6.45, 7) is 0.579. The van der Waals surface area contributed by atoms with Crippen LogP contribution in [0.3, 0.4) is 0 Å². The van der Waals surface area contributed by atoms with Crippen LogP contribution in [0, 0.1) is 0 Å². The van der Waals surface area contributed by atoms with Gasteiger partial charge in [-0.15, -0.1) is 0 Å². The van der Waals surface area contributed by atoms with Crippen LogP contribution in [0.5, 0.6) is 0 Å². The van der Waals surface area contributed by atoms with Crippen LogP contribution in [0.2, 0.25) is 0 Å². The number of amides is 1. The van der Waals surface area contributed by atoms with Gasteiger partial charge in [-0.3, -0.25) is 4.79 Å².